The van der Waals surface area contributed by atoms with Crippen molar-refractivity contribution in [2.45, 2.75) is 37.9 Å². The van der Waals surface area contributed by atoms with Gasteiger partial charge in [-0.25, -0.2) is 4.98 Å². The first-order chi connectivity index (χ1) is 13.3. The Morgan fingerprint density at radius 2 is 2.00 bits per heavy atom. The first-order valence-electron chi connectivity index (χ1n) is 9.76. The van der Waals surface area contributed by atoms with E-state index in [4.69, 9.17) is 9.84 Å². The van der Waals surface area contributed by atoms with Gasteiger partial charge in [0.05, 0.1) is 12.2 Å². The summed E-state index contributed by atoms with van der Waals surface area (Å²) >= 11 is 0. The van der Waals surface area contributed by atoms with E-state index in [1.54, 1.807) is 0 Å². The zero-order valence-electron chi connectivity index (χ0n) is 15.5. The molecule has 2 aliphatic heterocycles. The molecule has 27 heavy (non-hydrogen) atoms. The number of benzene rings is 1. The number of ether oxygens (including phenoxy) is 1. The van der Waals surface area contributed by atoms with Gasteiger partial charge in [0.25, 0.3) is 0 Å². The van der Waals surface area contributed by atoms with Crippen molar-refractivity contribution in [3.63, 3.8) is 0 Å². The number of nitrogens with one attached hydrogen (secondary N) is 1. The molecule has 2 aromatic heterocycles. The zero-order valence-corrected chi connectivity index (χ0v) is 15.5. The summed E-state index contributed by atoms with van der Waals surface area (Å²) in [6.07, 6.45) is 6.03. The predicted molar refractivity (Wildman–Crippen MR) is 103 cm³/mol. The van der Waals surface area contributed by atoms with E-state index in [-0.39, 0.29) is 5.41 Å². The molecule has 2 aliphatic rings. The van der Waals surface area contributed by atoms with Crippen molar-refractivity contribution >= 4 is 0 Å². The second kappa shape index (κ2) is 6.94. The molecule has 1 fully saturated rings. The molecule has 1 saturated heterocycles. The van der Waals surface area contributed by atoms with Crippen LogP contribution in [0, 0.1) is 0 Å². The Morgan fingerprint density at radius 1 is 1.15 bits per heavy atom. The van der Waals surface area contributed by atoms with E-state index < -0.39 is 0 Å². The summed E-state index contributed by atoms with van der Waals surface area (Å²) in [5.41, 5.74) is 3.67. The number of nitrogens with zero attached hydrogens (tertiary/aromatic N) is 4. The van der Waals surface area contributed by atoms with Crippen LogP contribution in [0.5, 0.6) is 0 Å². The molecule has 6 heteroatoms. The van der Waals surface area contributed by atoms with E-state index in [9.17, 15) is 0 Å². The van der Waals surface area contributed by atoms with Gasteiger partial charge in [0.2, 0.25) is 0 Å². The highest BCUT2D eigenvalue weighted by atomic mass is 16.5. The minimum Gasteiger partial charge on any atom is -0.381 e. The van der Waals surface area contributed by atoms with Gasteiger partial charge in [-0.15, -0.1) is 0 Å². The van der Waals surface area contributed by atoms with Gasteiger partial charge in [-0.3, -0.25) is 4.68 Å². The molecule has 0 spiro atoms. The van der Waals surface area contributed by atoms with Gasteiger partial charge >= 0.3 is 0 Å². The maximum atomic E-state index is 5.69. The molecule has 1 aromatic carbocycles. The summed E-state index contributed by atoms with van der Waals surface area (Å²) < 4.78 is 10.1. The van der Waals surface area contributed by atoms with Crippen molar-refractivity contribution in [1.82, 2.24) is 24.6 Å². The number of hydrogen-bond acceptors (Lipinski definition) is 4. The van der Waals surface area contributed by atoms with E-state index in [1.165, 1.54) is 11.3 Å². The van der Waals surface area contributed by atoms with E-state index in [0.29, 0.717) is 0 Å². The fourth-order valence-electron chi connectivity index (χ4n) is 4.39. The Bertz CT molecular complexity index is 884. The van der Waals surface area contributed by atoms with Gasteiger partial charge in [0, 0.05) is 50.7 Å². The third-order valence-electron chi connectivity index (χ3n) is 5.92. The van der Waals surface area contributed by atoms with Crippen molar-refractivity contribution < 1.29 is 4.74 Å². The van der Waals surface area contributed by atoms with Crippen molar-refractivity contribution in [1.29, 1.82) is 0 Å². The quantitative estimate of drug-likeness (QED) is 0.774. The summed E-state index contributed by atoms with van der Waals surface area (Å²) in [6.45, 7) is 5.28. The van der Waals surface area contributed by atoms with Crippen molar-refractivity contribution in [2.24, 2.45) is 0 Å². The molecular formula is C21H25N5O. The molecule has 0 radical (unpaired) electrons. The van der Waals surface area contributed by atoms with Gasteiger partial charge < -0.3 is 14.6 Å². The number of rotatable bonds is 4. The first-order valence-corrected chi connectivity index (χ1v) is 9.76. The first kappa shape index (κ1) is 16.7. The lowest BCUT2D eigenvalue weighted by Gasteiger charge is -2.38. The molecule has 0 bridgehead atoms. The topological polar surface area (TPSA) is 56.9 Å². The maximum Gasteiger partial charge on any atom is 0.160 e. The second-order valence-electron chi connectivity index (χ2n) is 7.56. The molecule has 4 heterocycles. The monoisotopic (exact) mass is 363 g/mol. The minimum atomic E-state index is 0.0792. The van der Waals surface area contributed by atoms with Crippen LogP contribution in [-0.2, 0) is 29.8 Å². The lowest BCUT2D eigenvalue weighted by atomic mass is 9.74. The van der Waals surface area contributed by atoms with Crippen LogP contribution >= 0.6 is 0 Å². The third-order valence-corrected chi connectivity index (χ3v) is 5.92. The number of imidazole rings is 1. The summed E-state index contributed by atoms with van der Waals surface area (Å²) in [6, 6.07) is 13.0. The number of fused-ring (bicyclic) bond motifs is 1. The van der Waals surface area contributed by atoms with Crippen LogP contribution in [0.25, 0.3) is 11.5 Å². The largest absolute Gasteiger partial charge is 0.381 e. The van der Waals surface area contributed by atoms with Gasteiger partial charge in [-0.1, -0.05) is 30.3 Å². The molecule has 140 valence electrons. The number of aromatic nitrogens is 4. The summed E-state index contributed by atoms with van der Waals surface area (Å²) in [7, 11) is 0. The van der Waals surface area contributed by atoms with E-state index in [0.717, 1.165) is 63.8 Å². The number of hydrogen-bond donors (Lipinski definition) is 1. The molecule has 0 aliphatic carbocycles. The van der Waals surface area contributed by atoms with Gasteiger partial charge in [-0.05, 0) is 24.5 Å². The van der Waals surface area contributed by atoms with Crippen LogP contribution in [0.15, 0.2) is 48.8 Å². The van der Waals surface area contributed by atoms with Crippen LogP contribution in [0.3, 0.4) is 0 Å². The zero-order chi connectivity index (χ0) is 18.1. The highest BCUT2D eigenvalue weighted by Gasteiger charge is 2.35. The maximum absolute atomic E-state index is 5.69. The summed E-state index contributed by atoms with van der Waals surface area (Å²) in [5, 5.41) is 8.22. The van der Waals surface area contributed by atoms with Gasteiger partial charge in [0.15, 0.2) is 5.82 Å². The second-order valence-corrected chi connectivity index (χ2v) is 7.56. The lowest BCUT2D eigenvalue weighted by molar-refractivity contribution is 0.0436. The van der Waals surface area contributed by atoms with Crippen LogP contribution in [-0.4, -0.2) is 39.1 Å². The van der Waals surface area contributed by atoms with Crippen molar-refractivity contribution in [2.75, 3.05) is 19.8 Å². The van der Waals surface area contributed by atoms with E-state index in [1.807, 2.05) is 6.20 Å². The molecule has 0 saturated carbocycles. The van der Waals surface area contributed by atoms with Crippen LogP contribution < -0.4 is 5.32 Å². The molecule has 0 atom stereocenters. The predicted octanol–water partition coefficient (Wildman–Crippen LogP) is 2.60. The Balaban J connectivity index is 1.50. The minimum absolute atomic E-state index is 0.0792. The smallest absolute Gasteiger partial charge is 0.160 e. The third kappa shape index (κ3) is 3.09. The fourth-order valence-corrected chi connectivity index (χ4v) is 4.39. The Labute approximate surface area is 159 Å². The molecule has 3 aromatic rings. The molecule has 6 nitrogen and oxygen atoms in total. The Morgan fingerprint density at radius 3 is 2.81 bits per heavy atom. The normalized spacial score (nSPS) is 19.0. The van der Waals surface area contributed by atoms with Crippen LogP contribution in [0.2, 0.25) is 0 Å². The van der Waals surface area contributed by atoms with Crippen molar-refractivity contribution in [3.8, 4) is 11.5 Å². The van der Waals surface area contributed by atoms with E-state index >= 15 is 0 Å². The average molecular weight is 363 g/mol. The van der Waals surface area contributed by atoms with E-state index in [2.05, 4.69) is 62.1 Å². The highest BCUT2D eigenvalue weighted by Crippen LogP contribution is 2.37. The average Bonchev–Trinajstić information content (AvgIpc) is 3.35. The standard InChI is InChI=1S/C21H25N5O/c1-2-4-17(5-3-1)21(6-12-27-13-7-21)16-25-10-9-23-20(25)19-14-18-15-22-8-11-26(18)24-19/h1-5,9-10,14,22H,6-8,11-13,15-16H2. The molecular weight excluding hydrogens is 338 g/mol. The molecule has 5 rings (SSSR count). The van der Waals surface area contributed by atoms with Crippen molar-refractivity contribution in [3.05, 3.63) is 60.0 Å². The lowest BCUT2D eigenvalue weighted by Crippen LogP contribution is -2.38. The Hall–Kier alpha value is -2.44. The molecule has 0 unspecified atom stereocenters. The molecule has 1 N–H and O–H groups in total. The van der Waals surface area contributed by atoms with Crippen LogP contribution in [0.4, 0.5) is 0 Å². The van der Waals surface area contributed by atoms with Gasteiger partial charge in [0.1, 0.15) is 5.69 Å². The fraction of sp³-hybridized carbons (Fsp3) is 0.429. The van der Waals surface area contributed by atoms with Gasteiger partial charge in [-0.2, -0.15) is 5.10 Å². The molecule has 0 amide bonds. The highest BCUT2D eigenvalue weighted by molar-refractivity contribution is 5.50. The Kier molecular flexibility index (Phi) is 4.30. The summed E-state index contributed by atoms with van der Waals surface area (Å²) in [4.78, 5) is 4.66. The van der Waals surface area contributed by atoms with Crippen LogP contribution in [0.1, 0.15) is 24.1 Å². The SMILES string of the molecule is c1ccc(C2(Cn3ccnc3-c3cc4n(n3)CCNC4)CCOCC2)cc1. The summed E-state index contributed by atoms with van der Waals surface area (Å²) in [5.74, 6) is 0.957.